The molecule has 0 saturated carbocycles. The molecule has 0 unspecified atom stereocenters. The van der Waals surface area contributed by atoms with E-state index in [2.05, 4.69) is 12.1 Å². The van der Waals surface area contributed by atoms with Gasteiger partial charge in [-0.1, -0.05) is 118 Å². The van der Waals surface area contributed by atoms with Gasteiger partial charge in [-0.15, -0.1) is 0 Å². The molecule has 2 aromatic rings. The van der Waals surface area contributed by atoms with Gasteiger partial charge in [0.1, 0.15) is 5.71 Å². The summed E-state index contributed by atoms with van der Waals surface area (Å²) in [6.45, 7) is 2.67. The van der Waals surface area contributed by atoms with Gasteiger partial charge in [0.25, 0.3) is 0 Å². The Morgan fingerprint density at radius 2 is 1.28 bits per heavy atom. The smallest absolute Gasteiger partial charge is 0.243 e. The van der Waals surface area contributed by atoms with E-state index >= 15 is 0 Å². The second-order valence-corrected chi connectivity index (χ2v) is 10.2. The number of sulfonamides is 1. The third kappa shape index (κ3) is 8.75. The predicted molar refractivity (Wildman–Crippen MR) is 132 cm³/mol. The van der Waals surface area contributed by atoms with Gasteiger partial charge in [-0.3, -0.25) is 0 Å². The average molecular weight is 459 g/mol. The van der Waals surface area contributed by atoms with Crippen molar-refractivity contribution >= 4 is 15.7 Å². The lowest BCUT2D eigenvalue weighted by molar-refractivity contribution is 0.315. The summed E-state index contributed by atoms with van der Waals surface area (Å²) >= 11 is 0. The van der Waals surface area contributed by atoms with Crippen molar-refractivity contribution in [3.8, 4) is 0 Å². The second kappa shape index (κ2) is 14.8. The third-order valence-corrected chi connectivity index (χ3v) is 7.56. The maximum absolute atomic E-state index is 13.3. The molecule has 32 heavy (non-hydrogen) atoms. The normalized spacial score (nSPS) is 12.4. The van der Waals surface area contributed by atoms with E-state index in [1.807, 2.05) is 30.3 Å². The Morgan fingerprint density at radius 1 is 0.781 bits per heavy atom. The van der Waals surface area contributed by atoms with Crippen LogP contribution in [0.5, 0.6) is 0 Å². The Balaban J connectivity index is 1.95. The Hall–Kier alpha value is -2.18. The Bertz CT molecular complexity index is 884. The van der Waals surface area contributed by atoms with E-state index in [1.165, 1.54) is 49.3 Å². The van der Waals surface area contributed by atoms with Crippen molar-refractivity contribution in [3.63, 3.8) is 0 Å². The Kier molecular flexibility index (Phi) is 12.1. The van der Waals surface area contributed by atoms with Crippen LogP contribution in [-0.4, -0.2) is 36.7 Å². The first-order valence-electron chi connectivity index (χ1n) is 11.9. The van der Waals surface area contributed by atoms with Crippen LogP contribution in [0.15, 0.2) is 70.7 Å². The molecule has 176 valence electrons. The molecule has 2 rings (SSSR count). The molecule has 0 fully saturated rings. The summed E-state index contributed by atoms with van der Waals surface area (Å²) in [6.07, 6.45) is 11.9. The van der Waals surface area contributed by atoms with Gasteiger partial charge in [0, 0.05) is 12.1 Å². The van der Waals surface area contributed by atoms with Gasteiger partial charge in [0.2, 0.25) is 10.0 Å². The molecule has 0 aliphatic rings. The standard InChI is InChI=1S/C26H38N2O3S/c1-2-3-4-5-6-7-8-9-10-17-22-28(32(30,31)25-20-15-12-16-21-25)23-26(27-29)24-18-13-11-14-19-24/h11-16,18-21,29H,2-10,17,22-23H2,1H3. The summed E-state index contributed by atoms with van der Waals surface area (Å²) in [7, 11) is -3.68. The van der Waals surface area contributed by atoms with Gasteiger partial charge >= 0.3 is 0 Å². The summed E-state index contributed by atoms with van der Waals surface area (Å²) in [6, 6.07) is 17.7. The minimum atomic E-state index is -3.68. The molecule has 0 atom stereocenters. The first-order chi connectivity index (χ1) is 15.6. The topological polar surface area (TPSA) is 70.0 Å². The van der Waals surface area contributed by atoms with Gasteiger partial charge in [-0.25, -0.2) is 8.42 Å². The monoisotopic (exact) mass is 458 g/mol. The van der Waals surface area contributed by atoms with E-state index in [9.17, 15) is 13.6 Å². The van der Waals surface area contributed by atoms with Crippen molar-refractivity contribution in [1.82, 2.24) is 4.31 Å². The molecule has 0 aromatic heterocycles. The zero-order chi connectivity index (χ0) is 23.1. The molecule has 0 bridgehead atoms. The average Bonchev–Trinajstić information content (AvgIpc) is 2.83. The maximum Gasteiger partial charge on any atom is 0.243 e. The quantitative estimate of drug-likeness (QED) is 0.135. The van der Waals surface area contributed by atoms with E-state index in [0.717, 1.165) is 19.3 Å². The Morgan fingerprint density at radius 3 is 1.81 bits per heavy atom. The van der Waals surface area contributed by atoms with Crippen LogP contribution in [0, 0.1) is 0 Å². The van der Waals surface area contributed by atoms with Crippen LogP contribution in [0.2, 0.25) is 0 Å². The van der Waals surface area contributed by atoms with Crippen molar-refractivity contribution in [2.45, 2.75) is 76.0 Å². The highest BCUT2D eigenvalue weighted by molar-refractivity contribution is 7.89. The molecule has 0 aliphatic heterocycles. The molecule has 0 saturated heterocycles. The van der Waals surface area contributed by atoms with E-state index in [0.29, 0.717) is 17.8 Å². The second-order valence-electron chi connectivity index (χ2n) is 8.25. The zero-order valence-electron chi connectivity index (χ0n) is 19.3. The molecule has 5 nitrogen and oxygen atoms in total. The van der Waals surface area contributed by atoms with Crippen LogP contribution >= 0.6 is 0 Å². The zero-order valence-corrected chi connectivity index (χ0v) is 20.1. The number of nitrogens with zero attached hydrogens (tertiary/aromatic N) is 2. The van der Waals surface area contributed by atoms with Crippen LogP contribution in [0.1, 0.15) is 76.7 Å². The maximum atomic E-state index is 13.3. The lowest BCUT2D eigenvalue weighted by Crippen LogP contribution is -2.37. The molecule has 6 heteroatoms. The Labute approximate surface area is 194 Å². The summed E-state index contributed by atoms with van der Waals surface area (Å²) in [5, 5.41) is 13.0. The minimum Gasteiger partial charge on any atom is -0.411 e. The summed E-state index contributed by atoms with van der Waals surface area (Å²) in [5.41, 5.74) is 1.06. The predicted octanol–water partition coefficient (Wildman–Crippen LogP) is 6.48. The van der Waals surface area contributed by atoms with Crippen molar-refractivity contribution in [2.24, 2.45) is 5.16 Å². The molecule has 0 heterocycles. The lowest BCUT2D eigenvalue weighted by Gasteiger charge is -2.23. The van der Waals surface area contributed by atoms with Crippen molar-refractivity contribution in [3.05, 3.63) is 66.2 Å². The molecular formula is C26H38N2O3S. The van der Waals surface area contributed by atoms with E-state index in [-0.39, 0.29) is 11.4 Å². The minimum absolute atomic E-state index is 0.0369. The largest absolute Gasteiger partial charge is 0.411 e. The highest BCUT2D eigenvalue weighted by Crippen LogP contribution is 2.18. The highest BCUT2D eigenvalue weighted by atomic mass is 32.2. The van der Waals surface area contributed by atoms with E-state index in [1.54, 1.807) is 30.3 Å². The fraction of sp³-hybridized carbons (Fsp3) is 0.500. The SMILES string of the molecule is CCCCCCCCCCCCN(CC(=NO)c1ccccc1)S(=O)(=O)c1ccccc1. The van der Waals surface area contributed by atoms with Crippen LogP contribution in [0.25, 0.3) is 0 Å². The van der Waals surface area contributed by atoms with Crippen molar-refractivity contribution in [2.75, 3.05) is 13.1 Å². The molecule has 1 N–H and O–H groups in total. The van der Waals surface area contributed by atoms with E-state index in [4.69, 9.17) is 0 Å². The molecule has 0 aliphatic carbocycles. The molecule has 0 spiro atoms. The first-order valence-corrected chi connectivity index (χ1v) is 13.3. The van der Waals surface area contributed by atoms with Crippen LogP contribution in [-0.2, 0) is 10.0 Å². The molecule has 0 radical (unpaired) electrons. The fourth-order valence-corrected chi connectivity index (χ4v) is 5.24. The molecule has 0 amide bonds. The van der Waals surface area contributed by atoms with Crippen LogP contribution in [0.3, 0.4) is 0 Å². The van der Waals surface area contributed by atoms with Gasteiger partial charge in [-0.2, -0.15) is 4.31 Å². The number of benzene rings is 2. The summed E-state index contributed by atoms with van der Waals surface area (Å²) in [4.78, 5) is 0.262. The number of oxime groups is 1. The first kappa shape index (κ1) is 26.1. The van der Waals surface area contributed by atoms with Crippen molar-refractivity contribution < 1.29 is 13.6 Å². The highest BCUT2D eigenvalue weighted by Gasteiger charge is 2.26. The molecule has 2 aromatic carbocycles. The fourth-order valence-electron chi connectivity index (χ4n) is 3.78. The third-order valence-electron chi connectivity index (χ3n) is 5.70. The number of hydrogen-bond acceptors (Lipinski definition) is 4. The van der Waals surface area contributed by atoms with Gasteiger partial charge in [0.05, 0.1) is 11.4 Å². The number of rotatable bonds is 16. The lowest BCUT2D eigenvalue weighted by atomic mass is 10.1. The van der Waals surface area contributed by atoms with E-state index < -0.39 is 10.0 Å². The van der Waals surface area contributed by atoms with Crippen LogP contribution < -0.4 is 0 Å². The number of unbranched alkanes of at least 4 members (excludes halogenated alkanes) is 9. The van der Waals surface area contributed by atoms with Gasteiger partial charge in [-0.05, 0) is 18.6 Å². The van der Waals surface area contributed by atoms with Gasteiger partial charge in [0.15, 0.2) is 0 Å². The summed E-state index contributed by atoms with van der Waals surface area (Å²) in [5.74, 6) is 0. The van der Waals surface area contributed by atoms with Crippen LogP contribution in [0.4, 0.5) is 0 Å². The van der Waals surface area contributed by atoms with Gasteiger partial charge < -0.3 is 5.21 Å². The summed E-state index contributed by atoms with van der Waals surface area (Å²) < 4.78 is 28.0. The van der Waals surface area contributed by atoms with Crippen molar-refractivity contribution in [1.29, 1.82) is 0 Å². The molecular weight excluding hydrogens is 420 g/mol. The number of hydrogen-bond donors (Lipinski definition) is 1.